The first-order valence-corrected chi connectivity index (χ1v) is 7.28. The van der Waals surface area contributed by atoms with E-state index in [1.54, 1.807) is 30.3 Å². The number of nitrogens with zero attached hydrogens (tertiary/aromatic N) is 1. The largest absolute Gasteiger partial charge is 0.465 e. The minimum atomic E-state index is -0.454. The average Bonchev–Trinajstić information content (AvgIpc) is 3.03. The number of ether oxygens (including phenoxy) is 1. The Bertz CT molecular complexity index is 928. The van der Waals surface area contributed by atoms with Gasteiger partial charge in [-0.25, -0.2) is 4.79 Å². The van der Waals surface area contributed by atoms with Crippen LogP contribution in [0.15, 0.2) is 54.6 Å². The van der Waals surface area contributed by atoms with Crippen LogP contribution in [0, 0.1) is 0 Å². The van der Waals surface area contributed by atoms with Gasteiger partial charge in [-0.3, -0.25) is 9.89 Å². The Morgan fingerprint density at radius 1 is 1.17 bits per heavy atom. The Labute approximate surface area is 138 Å². The Morgan fingerprint density at radius 3 is 2.83 bits per heavy atom. The molecule has 3 aromatic rings. The number of methoxy groups -OCH3 is 1. The van der Waals surface area contributed by atoms with Gasteiger partial charge in [0.25, 0.3) is 0 Å². The minimum absolute atomic E-state index is 0.316. The molecule has 0 aliphatic heterocycles. The van der Waals surface area contributed by atoms with Crippen LogP contribution in [0.4, 0.5) is 5.69 Å². The van der Waals surface area contributed by atoms with Crippen LogP contribution in [0.1, 0.15) is 16.1 Å². The Balaban J connectivity index is 1.73. The Kier molecular flexibility index (Phi) is 4.38. The van der Waals surface area contributed by atoms with Crippen LogP contribution in [0.2, 0.25) is 0 Å². The highest BCUT2D eigenvalue weighted by Crippen LogP contribution is 2.16. The van der Waals surface area contributed by atoms with Crippen LogP contribution in [-0.4, -0.2) is 29.2 Å². The van der Waals surface area contributed by atoms with Crippen molar-refractivity contribution in [1.82, 2.24) is 10.2 Å². The van der Waals surface area contributed by atoms with Crippen LogP contribution in [0.5, 0.6) is 0 Å². The predicted molar refractivity (Wildman–Crippen MR) is 91.5 cm³/mol. The number of para-hydroxylation sites is 1. The van der Waals surface area contributed by atoms with E-state index in [2.05, 4.69) is 20.3 Å². The van der Waals surface area contributed by atoms with Crippen molar-refractivity contribution in [3.63, 3.8) is 0 Å². The third kappa shape index (κ3) is 3.33. The number of carbonyl (C=O) groups excluding carboxylic acids is 2. The van der Waals surface area contributed by atoms with Gasteiger partial charge < -0.3 is 10.1 Å². The molecular weight excluding hydrogens is 306 g/mol. The molecule has 2 N–H and O–H groups in total. The molecule has 1 amide bonds. The van der Waals surface area contributed by atoms with Gasteiger partial charge in [0.2, 0.25) is 5.91 Å². The van der Waals surface area contributed by atoms with E-state index in [1.165, 1.54) is 13.2 Å². The summed E-state index contributed by atoms with van der Waals surface area (Å²) in [7, 11) is 1.31. The van der Waals surface area contributed by atoms with E-state index in [4.69, 9.17) is 0 Å². The molecule has 0 radical (unpaired) electrons. The van der Waals surface area contributed by atoms with Crippen molar-refractivity contribution in [3.05, 3.63) is 65.9 Å². The number of benzene rings is 2. The first-order chi connectivity index (χ1) is 11.7. The number of carbonyl (C=O) groups is 2. The molecule has 0 unspecified atom stereocenters. The highest BCUT2D eigenvalue weighted by molar-refractivity contribution is 6.03. The fourth-order valence-electron chi connectivity index (χ4n) is 2.29. The normalized spacial score (nSPS) is 10.9. The molecule has 3 rings (SSSR count). The third-order valence-electron chi connectivity index (χ3n) is 3.44. The summed E-state index contributed by atoms with van der Waals surface area (Å²) in [5.74, 6) is -0.770. The number of nitrogens with one attached hydrogen (secondary N) is 2. The predicted octanol–water partition coefficient (Wildman–Crippen LogP) is 3.00. The van der Waals surface area contributed by atoms with E-state index in [0.717, 1.165) is 10.9 Å². The van der Waals surface area contributed by atoms with Crippen molar-refractivity contribution in [1.29, 1.82) is 0 Å². The van der Waals surface area contributed by atoms with Crippen LogP contribution < -0.4 is 5.32 Å². The summed E-state index contributed by atoms with van der Waals surface area (Å²) in [5.41, 5.74) is 2.48. The lowest BCUT2D eigenvalue weighted by atomic mass is 10.2. The summed E-state index contributed by atoms with van der Waals surface area (Å²) < 4.78 is 4.66. The molecule has 0 bridgehead atoms. The highest BCUT2D eigenvalue weighted by Gasteiger charge is 2.07. The standard InChI is InChI=1S/C18H15N3O3/c1-24-18(23)12-5-4-6-13(11-12)19-17(22)10-9-16-14-7-2-3-8-15(14)20-21-16/h2-11H,1H3,(H,19,22)(H,20,21). The van der Waals surface area contributed by atoms with Crippen molar-refractivity contribution < 1.29 is 14.3 Å². The summed E-state index contributed by atoms with van der Waals surface area (Å²) in [5, 5.41) is 10.7. The van der Waals surface area contributed by atoms with Crippen molar-refractivity contribution in [3.8, 4) is 0 Å². The zero-order chi connectivity index (χ0) is 16.9. The minimum Gasteiger partial charge on any atom is -0.465 e. The van der Waals surface area contributed by atoms with Crippen LogP contribution in [-0.2, 0) is 9.53 Å². The smallest absolute Gasteiger partial charge is 0.337 e. The molecule has 0 saturated heterocycles. The Morgan fingerprint density at radius 2 is 2.00 bits per heavy atom. The van der Waals surface area contributed by atoms with E-state index in [9.17, 15) is 9.59 Å². The number of hydrogen-bond donors (Lipinski definition) is 2. The molecule has 0 atom stereocenters. The van der Waals surface area contributed by atoms with Crippen LogP contribution in [0.25, 0.3) is 17.0 Å². The maximum absolute atomic E-state index is 12.0. The second-order valence-electron chi connectivity index (χ2n) is 5.05. The van der Waals surface area contributed by atoms with Crippen LogP contribution >= 0.6 is 0 Å². The number of hydrogen-bond acceptors (Lipinski definition) is 4. The number of amides is 1. The topological polar surface area (TPSA) is 84.1 Å². The van der Waals surface area contributed by atoms with Gasteiger partial charge in [0.05, 0.1) is 23.9 Å². The lowest BCUT2D eigenvalue weighted by Gasteiger charge is -2.04. The quantitative estimate of drug-likeness (QED) is 0.571. The fourth-order valence-corrected chi connectivity index (χ4v) is 2.29. The summed E-state index contributed by atoms with van der Waals surface area (Å²) in [4.78, 5) is 23.5. The molecule has 1 heterocycles. The zero-order valence-corrected chi connectivity index (χ0v) is 12.9. The molecule has 120 valence electrons. The number of aromatic amines is 1. The molecule has 0 aliphatic rings. The molecule has 0 saturated carbocycles. The monoisotopic (exact) mass is 321 g/mol. The van der Waals surface area contributed by atoms with E-state index in [-0.39, 0.29) is 5.91 Å². The van der Waals surface area contributed by atoms with E-state index in [0.29, 0.717) is 16.9 Å². The second kappa shape index (κ2) is 6.78. The molecule has 0 spiro atoms. The number of rotatable bonds is 4. The van der Waals surface area contributed by atoms with Crippen molar-refractivity contribution in [2.45, 2.75) is 0 Å². The lowest BCUT2D eigenvalue weighted by molar-refractivity contribution is -0.111. The second-order valence-corrected chi connectivity index (χ2v) is 5.05. The fraction of sp³-hybridized carbons (Fsp3) is 0.0556. The number of fused-ring (bicyclic) bond motifs is 1. The molecule has 24 heavy (non-hydrogen) atoms. The van der Waals surface area contributed by atoms with E-state index in [1.807, 2.05) is 24.3 Å². The van der Waals surface area contributed by atoms with Crippen LogP contribution in [0.3, 0.4) is 0 Å². The average molecular weight is 321 g/mol. The lowest BCUT2D eigenvalue weighted by Crippen LogP contribution is -2.09. The number of anilines is 1. The van der Waals surface area contributed by atoms with Gasteiger partial charge in [0.15, 0.2) is 0 Å². The van der Waals surface area contributed by atoms with Gasteiger partial charge in [0, 0.05) is 17.1 Å². The first-order valence-electron chi connectivity index (χ1n) is 7.28. The summed E-state index contributed by atoms with van der Waals surface area (Å²) in [6.07, 6.45) is 3.03. The molecular formula is C18H15N3O3. The molecule has 0 fully saturated rings. The SMILES string of the molecule is COC(=O)c1cccc(NC(=O)C=Cc2n[nH]c3ccccc23)c1. The molecule has 2 aromatic carbocycles. The number of esters is 1. The summed E-state index contributed by atoms with van der Waals surface area (Å²) in [6, 6.07) is 14.2. The van der Waals surface area contributed by atoms with Gasteiger partial charge in [-0.15, -0.1) is 0 Å². The summed E-state index contributed by atoms with van der Waals surface area (Å²) >= 11 is 0. The highest BCUT2D eigenvalue weighted by atomic mass is 16.5. The maximum atomic E-state index is 12.0. The molecule has 6 heteroatoms. The van der Waals surface area contributed by atoms with Gasteiger partial charge in [-0.2, -0.15) is 5.10 Å². The molecule has 1 aromatic heterocycles. The Hall–Kier alpha value is -3.41. The maximum Gasteiger partial charge on any atom is 0.337 e. The summed E-state index contributed by atoms with van der Waals surface area (Å²) in [6.45, 7) is 0. The van der Waals surface area contributed by atoms with Gasteiger partial charge in [-0.05, 0) is 30.3 Å². The van der Waals surface area contributed by atoms with Crippen molar-refractivity contribution >= 4 is 34.5 Å². The zero-order valence-electron chi connectivity index (χ0n) is 12.9. The number of aromatic nitrogens is 2. The van der Waals surface area contributed by atoms with Gasteiger partial charge in [-0.1, -0.05) is 24.3 Å². The van der Waals surface area contributed by atoms with Crippen molar-refractivity contribution in [2.24, 2.45) is 0 Å². The van der Waals surface area contributed by atoms with Gasteiger partial charge >= 0.3 is 5.97 Å². The van der Waals surface area contributed by atoms with E-state index < -0.39 is 5.97 Å². The van der Waals surface area contributed by atoms with Crippen molar-refractivity contribution in [2.75, 3.05) is 12.4 Å². The van der Waals surface area contributed by atoms with E-state index >= 15 is 0 Å². The molecule has 6 nitrogen and oxygen atoms in total. The number of H-pyrrole nitrogens is 1. The first kappa shape index (κ1) is 15.5. The molecule has 0 aliphatic carbocycles. The van der Waals surface area contributed by atoms with Gasteiger partial charge in [0.1, 0.15) is 0 Å². The third-order valence-corrected chi connectivity index (χ3v) is 3.44.